The van der Waals surface area contributed by atoms with Gasteiger partial charge in [-0.3, -0.25) is 4.79 Å². The Morgan fingerprint density at radius 2 is 2.00 bits per heavy atom. The molecule has 0 bridgehead atoms. The fourth-order valence-corrected chi connectivity index (χ4v) is 4.64. The Hall–Kier alpha value is -2.21. The number of piperidine rings is 1. The molecule has 0 atom stereocenters. The highest BCUT2D eigenvalue weighted by Gasteiger charge is 2.29. The lowest BCUT2D eigenvalue weighted by Crippen LogP contribution is -2.38. The van der Waals surface area contributed by atoms with Gasteiger partial charge in [-0.15, -0.1) is 11.3 Å². The summed E-state index contributed by atoms with van der Waals surface area (Å²) in [7, 11) is 0. The summed E-state index contributed by atoms with van der Waals surface area (Å²) in [6, 6.07) is 5.82. The average Bonchev–Trinajstić information content (AvgIpc) is 3.17. The average molecular weight is 366 g/mol. The van der Waals surface area contributed by atoms with Crippen molar-refractivity contribution in [2.45, 2.75) is 38.1 Å². The molecule has 1 saturated carbocycles. The van der Waals surface area contributed by atoms with Gasteiger partial charge >= 0.3 is 0 Å². The third-order valence-electron chi connectivity index (χ3n) is 5.63. The van der Waals surface area contributed by atoms with Gasteiger partial charge in [-0.25, -0.2) is 9.97 Å². The lowest BCUT2D eigenvalue weighted by atomic mass is 9.95. The Morgan fingerprint density at radius 3 is 2.81 bits per heavy atom. The molecule has 3 heterocycles. The molecule has 0 N–H and O–H groups in total. The minimum Gasteiger partial charge on any atom is -0.339 e. The number of hydrogen-bond acceptors (Lipinski definition) is 4. The molecule has 0 radical (unpaired) electrons. The van der Waals surface area contributed by atoms with Crippen LogP contribution in [-0.2, 0) is 6.54 Å². The van der Waals surface area contributed by atoms with Crippen molar-refractivity contribution in [3.05, 3.63) is 47.5 Å². The van der Waals surface area contributed by atoms with Crippen molar-refractivity contribution in [1.29, 1.82) is 0 Å². The van der Waals surface area contributed by atoms with E-state index in [4.69, 9.17) is 0 Å². The number of aromatic nitrogens is 3. The van der Waals surface area contributed by atoms with Gasteiger partial charge in [-0.2, -0.15) is 0 Å². The number of fused-ring (bicyclic) bond motifs is 1. The maximum absolute atomic E-state index is 12.9. The minimum absolute atomic E-state index is 0.139. The van der Waals surface area contributed by atoms with Gasteiger partial charge in [0.2, 0.25) is 0 Å². The molecule has 1 aliphatic heterocycles. The predicted octanol–water partition coefficient (Wildman–Crippen LogP) is 3.92. The van der Waals surface area contributed by atoms with E-state index in [0.29, 0.717) is 5.92 Å². The zero-order chi connectivity index (χ0) is 17.5. The number of thiazole rings is 1. The topological polar surface area (TPSA) is 51.0 Å². The van der Waals surface area contributed by atoms with E-state index in [0.717, 1.165) is 54.2 Å². The third-order valence-corrected chi connectivity index (χ3v) is 6.42. The Kier molecular flexibility index (Phi) is 4.00. The summed E-state index contributed by atoms with van der Waals surface area (Å²) in [5.41, 5.74) is 3.57. The highest BCUT2D eigenvalue weighted by Crippen LogP contribution is 2.33. The fraction of sp³-hybridized carbons (Fsp3) is 0.450. The van der Waals surface area contributed by atoms with Gasteiger partial charge in [0.1, 0.15) is 5.82 Å². The number of amides is 1. The maximum Gasteiger partial charge on any atom is 0.253 e. The SMILES string of the molecule is O=C(c1ccc2ncsc2c1)N1CCC(c2nccn2CC2CC2)CC1. The number of benzene rings is 1. The van der Waals surface area contributed by atoms with Crippen LogP contribution in [0.5, 0.6) is 0 Å². The smallest absolute Gasteiger partial charge is 0.253 e. The molecule has 3 aromatic rings. The molecule has 0 spiro atoms. The van der Waals surface area contributed by atoms with Crippen LogP contribution < -0.4 is 0 Å². The maximum atomic E-state index is 12.9. The number of carbonyl (C=O) groups is 1. The number of imidazole rings is 1. The van der Waals surface area contributed by atoms with Gasteiger partial charge in [0.15, 0.2) is 0 Å². The van der Waals surface area contributed by atoms with Crippen LogP contribution in [0.3, 0.4) is 0 Å². The van der Waals surface area contributed by atoms with E-state index in [1.807, 2.05) is 34.8 Å². The molecule has 1 saturated heterocycles. The molecule has 1 aromatic carbocycles. The molecule has 5 rings (SSSR count). The number of carbonyl (C=O) groups excluding carboxylic acids is 1. The second-order valence-electron chi connectivity index (χ2n) is 7.48. The molecule has 26 heavy (non-hydrogen) atoms. The quantitative estimate of drug-likeness (QED) is 0.703. The van der Waals surface area contributed by atoms with E-state index in [1.54, 1.807) is 11.3 Å². The van der Waals surface area contributed by atoms with E-state index in [-0.39, 0.29) is 5.91 Å². The van der Waals surface area contributed by atoms with Crippen LogP contribution in [0.25, 0.3) is 10.2 Å². The number of likely N-dealkylation sites (tertiary alicyclic amines) is 1. The van der Waals surface area contributed by atoms with E-state index in [1.165, 1.54) is 18.7 Å². The van der Waals surface area contributed by atoms with Crippen LogP contribution in [0.15, 0.2) is 36.1 Å². The lowest BCUT2D eigenvalue weighted by molar-refractivity contribution is 0.0710. The van der Waals surface area contributed by atoms with E-state index in [9.17, 15) is 4.79 Å². The van der Waals surface area contributed by atoms with Crippen LogP contribution in [0.1, 0.15) is 47.8 Å². The summed E-state index contributed by atoms with van der Waals surface area (Å²) in [5.74, 6) is 2.68. The van der Waals surface area contributed by atoms with Crippen LogP contribution in [0, 0.1) is 5.92 Å². The summed E-state index contributed by atoms with van der Waals surface area (Å²) >= 11 is 1.58. The Balaban J connectivity index is 1.26. The van der Waals surface area contributed by atoms with Gasteiger partial charge in [0.05, 0.1) is 15.7 Å². The van der Waals surface area contributed by atoms with Crippen molar-refractivity contribution in [3.63, 3.8) is 0 Å². The van der Waals surface area contributed by atoms with Gasteiger partial charge < -0.3 is 9.47 Å². The summed E-state index contributed by atoms with van der Waals surface area (Å²) in [5, 5.41) is 0. The van der Waals surface area contributed by atoms with Crippen molar-refractivity contribution < 1.29 is 4.79 Å². The van der Waals surface area contributed by atoms with Crippen LogP contribution >= 0.6 is 11.3 Å². The standard InChI is InChI=1S/C20H22N4OS/c25-20(16-3-4-17-18(11-16)26-13-22-17)23-8-5-15(6-9-23)19-21-7-10-24(19)12-14-1-2-14/h3-4,7,10-11,13-15H,1-2,5-6,8-9,12H2. The first-order valence-corrected chi connectivity index (χ1v) is 10.3. The van der Waals surface area contributed by atoms with Crippen LogP contribution in [0.4, 0.5) is 0 Å². The van der Waals surface area contributed by atoms with E-state index < -0.39 is 0 Å². The fourth-order valence-electron chi connectivity index (χ4n) is 3.93. The third kappa shape index (κ3) is 3.03. The molecular weight excluding hydrogens is 344 g/mol. The van der Waals surface area contributed by atoms with Crippen molar-refractivity contribution >= 4 is 27.5 Å². The normalized spacial score (nSPS) is 18.5. The first kappa shape index (κ1) is 16.0. The molecule has 1 amide bonds. The molecule has 0 unspecified atom stereocenters. The van der Waals surface area contributed by atoms with E-state index >= 15 is 0 Å². The molecule has 6 heteroatoms. The van der Waals surface area contributed by atoms with E-state index in [2.05, 4.69) is 20.7 Å². The molecule has 2 fully saturated rings. The van der Waals surface area contributed by atoms with Crippen LogP contribution in [-0.4, -0.2) is 38.4 Å². The summed E-state index contributed by atoms with van der Waals surface area (Å²) in [6.07, 6.45) is 8.75. The first-order valence-electron chi connectivity index (χ1n) is 9.41. The molecule has 5 nitrogen and oxygen atoms in total. The second kappa shape index (κ2) is 6.50. The van der Waals surface area contributed by atoms with Crippen molar-refractivity contribution in [1.82, 2.24) is 19.4 Å². The molecular formula is C20H22N4OS. The zero-order valence-electron chi connectivity index (χ0n) is 14.7. The largest absolute Gasteiger partial charge is 0.339 e. The predicted molar refractivity (Wildman–Crippen MR) is 102 cm³/mol. The monoisotopic (exact) mass is 366 g/mol. The Labute approximate surface area is 156 Å². The summed E-state index contributed by atoms with van der Waals surface area (Å²) in [4.78, 5) is 23.8. The summed E-state index contributed by atoms with van der Waals surface area (Å²) < 4.78 is 3.42. The lowest BCUT2D eigenvalue weighted by Gasteiger charge is -2.32. The van der Waals surface area contributed by atoms with Crippen molar-refractivity contribution in [2.75, 3.05) is 13.1 Å². The number of nitrogens with zero attached hydrogens (tertiary/aromatic N) is 4. The van der Waals surface area contributed by atoms with Crippen LogP contribution in [0.2, 0.25) is 0 Å². The number of rotatable bonds is 4. The summed E-state index contributed by atoms with van der Waals surface area (Å²) in [6.45, 7) is 2.73. The highest BCUT2D eigenvalue weighted by atomic mass is 32.1. The highest BCUT2D eigenvalue weighted by molar-refractivity contribution is 7.16. The van der Waals surface area contributed by atoms with Gasteiger partial charge in [-0.1, -0.05) is 0 Å². The molecule has 1 aliphatic carbocycles. The molecule has 134 valence electrons. The first-order chi connectivity index (χ1) is 12.8. The molecule has 2 aromatic heterocycles. The zero-order valence-corrected chi connectivity index (χ0v) is 15.5. The Bertz CT molecular complexity index is 934. The molecule has 2 aliphatic rings. The van der Waals surface area contributed by atoms with Gasteiger partial charge in [0.25, 0.3) is 5.91 Å². The van der Waals surface area contributed by atoms with Crippen molar-refractivity contribution in [2.24, 2.45) is 5.92 Å². The second-order valence-corrected chi connectivity index (χ2v) is 8.37. The van der Waals surface area contributed by atoms with Crippen molar-refractivity contribution in [3.8, 4) is 0 Å². The van der Waals surface area contributed by atoms with Gasteiger partial charge in [0, 0.05) is 43.5 Å². The Morgan fingerprint density at radius 1 is 1.15 bits per heavy atom. The van der Waals surface area contributed by atoms with Gasteiger partial charge in [-0.05, 0) is 49.8 Å². The number of hydrogen-bond donors (Lipinski definition) is 0. The minimum atomic E-state index is 0.139.